The second-order valence-electron chi connectivity index (χ2n) is 2.19. The second-order valence-corrected chi connectivity index (χ2v) is 2.19. The fourth-order valence-electron chi connectivity index (χ4n) is 0.817. The monoisotopic (exact) mass is 180 g/mol. The van der Waals surface area contributed by atoms with Crippen LogP contribution in [0.2, 0.25) is 0 Å². The Labute approximate surface area is 71.5 Å². The molecule has 0 radical (unpaired) electrons. The molecular weight excluding hydrogens is 176 g/mol. The van der Waals surface area contributed by atoms with Gasteiger partial charge in [0.15, 0.2) is 0 Å². The van der Waals surface area contributed by atoms with Crippen LogP contribution in [0.15, 0.2) is 25.0 Å². The van der Waals surface area contributed by atoms with E-state index in [1.807, 2.05) is 0 Å². The Kier molecular flexibility index (Phi) is 1.51. The SMILES string of the molecule is O=[N+]([O-])c1cnn(-n2cncn2)c1. The predicted octanol–water partition coefficient (Wildman–Crippen LogP) is -0.306. The highest BCUT2D eigenvalue weighted by molar-refractivity contribution is 5.20. The van der Waals surface area contributed by atoms with E-state index in [9.17, 15) is 10.1 Å². The number of nitrogens with zero attached hydrogens (tertiary/aromatic N) is 6. The molecule has 0 unspecified atom stereocenters. The van der Waals surface area contributed by atoms with Crippen LogP contribution in [0.4, 0.5) is 5.69 Å². The molecule has 2 rings (SSSR count). The van der Waals surface area contributed by atoms with Gasteiger partial charge in [0.25, 0.3) is 0 Å². The van der Waals surface area contributed by atoms with Gasteiger partial charge in [-0.3, -0.25) is 10.1 Å². The van der Waals surface area contributed by atoms with Crippen molar-refractivity contribution < 1.29 is 4.92 Å². The highest BCUT2D eigenvalue weighted by Crippen LogP contribution is 2.06. The van der Waals surface area contributed by atoms with Gasteiger partial charge in [0.2, 0.25) is 0 Å². The maximum Gasteiger partial charge on any atom is 0.309 e. The second kappa shape index (κ2) is 2.66. The summed E-state index contributed by atoms with van der Waals surface area (Å²) in [5.41, 5.74) is -0.0875. The summed E-state index contributed by atoms with van der Waals surface area (Å²) in [5.74, 6) is 0. The molecule has 2 aromatic rings. The van der Waals surface area contributed by atoms with Gasteiger partial charge in [0.1, 0.15) is 25.0 Å². The zero-order valence-electron chi connectivity index (χ0n) is 6.31. The average Bonchev–Trinajstić information content (AvgIpc) is 2.75. The van der Waals surface area contributed by atoms with E-state index in [4.69, 9.17) is 0 Å². The molecule has 66 valence electrons. The molecule has 0 N–H and O–H groups in total. The summed E-state index contributed by atoms with van der Waals surface area (Å²) in [6.45, 7) is 0. The number of nitro groups is 1. The Morgan fingerprint density at radius 3 is 2.77 bits per heavy atom. The Bertz CT molecular complexity index is 418. The van der Waals surface area contributed by atoms with Gasteiger partial charge in [0.05, 0.1) is 4.92 Å². The third-order valence-corrected chi connectivity index (χ3v) is 1.38. The molecule has 0 saturated heterocycles. The maximum absolute atomic E-state index is 10.3. The summed E-state index contributed by atoms with van der Waals surface area (Å²) in [5, 5.41) is 17.7. The van der Waals surface area contributed by atoms with Crippen molar-refractivity contribution in [3.05, 3.63) is 35.2 Å². The minimum Gasteiger partial charge on any atom is -0.258 e. The molecule has 0 aliphatic carbocycles. The van der Waals surface area contributed by atoms with E-state index in [1.165, 1.54) is 28.4 Å². The lowest BCUT2D eigenvalue weighted by Crippen LogP contribution is -2.09. The summed E-state index contributed by atoms with van der Waals surface area (Å²) in [6.07, 6.45) is 5.08. The first-order chi connectivity index (χ1) is 6.27. The van der Waals surface area contributed by atoms with E-state index in [2.05, 4.69) is 15.2 Å². The largest absolute Gasteiger partial charge is 0.309 e. The lowest BCUT2D eigenvalue weighted by atomic mass is 10.6. The highest BCUT2D eigenvalue weighted by atomic mass is 16.6. The van der Waals surface area contributed by atoms with Gasteiger partial charge < -0.3 is 0 Å². The standard InChI is InChI=1S/C5H4N6O2/c12-11(13)5-1-7-9(2-5)10-4-6-3-8-10/h1-4H. The molecule has 2 heterocycles. The van der Waals surface area contributed by atoms with Crippen LogP contribution in [-0.2, 0) is 0 Å². The summed E-state index contributed by atoms with van der Waals surface area (Å²) in [7, 11) is 0. The Morgan fingerprint density at radius 2 is 2.23 bits per heavy atom. The fraction of sp³-hybridized carbons (Fsp3) is 0. The van der Waals surface area contributed by atoms with Crippen LogP contribution >= 0.6 is 0 Å². The van der Waals surface area contributed by atoms with E-state index in [1.54, 1.807) is 0 Å². The van der Waals surface area contributed by atoms with E-state index in [-0.39, 0.29) is 5.69 Å². The van der Waals surface area contributed by atoms with Crippen molar-refractivity contribution in [2.24, 2.45) is 0 Å². The molecule has 0 aliphatic rings. The Hall–Kier alpha value is -2.25. The Morgan fingerprint density at radius 1 is 1.38 bits per heavy atom. The lowest BCUT2D eigenvalue weighted by Gasteiger charge is -1.94. The Balaban J connectivity index is 2.39. The number of rotatable bonds is 2. The van der Waals surface area contributed by atoms with Crippen molar-refractivity contribution >= 4 is 5.69 Å². The average molecular weight is 180 g/mol. The van der Waals surface area contributed by atoms with Crippen molar-refractivity contribution in [2.45, 2.75) is 0 Å². The predicted molar refractivity (Wildman–Crippen MR) is 39.7 cm³/mol. The molecule has 0 spiro atoms. The zero-order chi connectivity index (χ0) is 9.26. The molecule has 13 heavy (non-hydrogen) atoms. The van der Waals surface area contributed by atoms with E-state index < -0.39 is 4.92 Å². The quantitative estimate of drug-likeness (QED) is 0.467. The molecule has 0 aliphatic heterocycles. The molecule has 0 fully saturated rings. The van der Waals surface area contributed by atoms with Gasteiger partial charge in [-0.2, -0.15) is 9.89 Å². The van der Waals surface area contributed by atoms with Crippen LogP contribution < -0.4 is 0 Å². The van der Waals surface area contributed by atoms with Crippen LogP contribution in [0.1, 0.15) is 0 Å². The molecule has 0 bridgehead atoms. The van der Waals surface area contributed by atoms with Gasteiger partial charge in [-0.05, 0) is 0 Å². The van der Waals surface area contributed by atoms with Crippen LogP contribution in [-0.4, -0.2) is 29.7 Å². The zero-order valence-corrected chi connectivity index (χ0v) is 6.31. The smallest absolute Gasteiger partial charge is 0.258 e. The summed E-state index contributed by atoms with van der Waals surface area (Å²) in [4.78, 5) is 15.9. The summed E-state index contributed by atoms with van der Waals surface area (Å²) in [6, 6.07) is 0. The third kappa shape index (κ3) is 1.24. The molecule has 0 atom stereocenters. The number of aromatic nitrogens is 5. The highest BCUT2D eigenvalue weighted by Gasteiger charge is 2.09. The first-order valence-electron chi connectivity index (χ1n) is 3.32. The van der Waals surface area contributed by atoms with E-state index in [0.717, 1.165) is 6.20 Å². The van der Waals surface area contributed by atoms with Gasteiger partial charge in [-0.15, -0.1) is 9.89 Å². The first-order valence-corrected chi connectivity index (χ1v) is 3.32. The van der Waals surface area contributed by atoms with Crippen molar-refractivity contribution in [3.63, 3.8) is 0 Å². The molecule has 0 amide bonds. The van der Waals surface area contributed by atoms with E-state index >= 15 is 0 Å². The van der Waals surface area contributed by atoms with Crippen molar-refractivity contribution in [1.82, 2.24) is 24.8 Å². The molecule has 0 saturated carbocycles. The van der Waals surface area contributed by atoms with Gasteiger partial charge in [0, 0.05) is 0 Å². The maximum atomic E-state index is 10.3. The molecule has 2 aromatic heterocycles. The topological polar surface area (TPSA) is 91.7 Å². The molecule has 8 heteroatoms. The van der Waals surface area contributed by atoms with Gasteiger partial charge >= 0.3 is 5.69 Å². The minimum atomic E-state index is -0.527. The van der Waals surface area contributed by atoms with Crippen LogP contribution in [0.25, 0.3) is 0 Å². The van der Waals surface area contributed by atoms with Crippen LogP contribution in [0, 0.1) is 10.1 Å². The van der Waals surface area contributed by atoms with Gasteiger partial charge in [-0.1, -0.05) is 0 Å². The third-order valence-electron chi connectivity index (χ3n) is 1.38. The fourth-order valence-corrected chi connectivity index (χ4v) is 0.817. The summed E-state index contributed by atoms with van der Waals surface area (Å²) >= 11 is 0. The normalized spacial score (nSPS) is 10.2. The van der Waals surface area contributed by atoms with E-state index in [0.29, 0.717) is 0 Å². The lowest BCUT2D eigenvalue weighted by molar-refractivity contribution is -0.385. The minimum absolute atomic E-state index is 0.0875. The van der Waals surface area contributed by atoms with Crippen LogP contribution in [0.3, 0.4) is 0 Å². The number of hydrogen-bond acceptors (Lipinski definition) is 5. The molecular formula is C5H4N6O2. The summed E-state index contributed by atoms with van der Waals surface area (Å²) < 4.78 is 0. The molecule has 8 nitrogen and oxygen atoms in total. The van der Waals surface area contributed by atoms with Crippen LogP contribution in [0.5, 0.6) is 0 Å². The number of hydrogen-bond donors (Lipinski definition) is 0. The van der Waals surface area contributed by atoms with Gasteiger partial charge in [-0.25, -0.2) is 4.98 Å². The first kappa shape index (κ1) is 7.40. The van der Waals surface area contributed by atoms with Crippen molar-refractivity contribution in [3.8, 4) is 0 Å². The van der Waals surface area contributed by atoms with Crippen molar-refractivity contribution in [2.75, 3.05) is 0 Å². The molecule has 0 aromatic carbocycles. The van der Waals surface area contributed by atoms with Crippen molar-refractivity contribution in [1.29, 1.82) is 0 Å².